The van der Waals surface area contributed by atoms with Crippen LogP contribution in [0.2, 0.25) is 0 Å². The van der Waals surface area contributed by atoms with E-state index in [-0.39, 0.29) is 17.1 Å². The van der Waals surface area contributed by atoms with Gasteiger partial charge in [0, 0.05) is 23.2 Å². The topological polar surface area (TPSA) is 43.6 Å². The third-order valence-corrected chi connectivity index (χ3v) is 6.58. The zero-order valence-corrected chi connectivity index (χ0v) is 18.5. The number of rotatable bonds is 4. The lowest BCUT2D eigenvalue weighted by Gasteiger charge is -2.15. The van der Waals surface area contributed by atoms with Crippen molar-refractivity contribution in [3.8, 4) is 0 Å². The van der Waals surface area contributed by atoms with E-state index in [0.29, 0.717) is 23.3 Å². The molecule has 0 radical (unpaired) electrons. The van der Waals surface area contributed by atoms with Crippen molar-refractivity contribution in [2.24, 2.45) is 4.99 Å². The summed E-state index contributed by atoms with van der Waals surface area (Å²) in [5, 5.41) is 0. The zero-order chi connectivity index (χ0) is 22.1. The third-order valence-electron chi connectivity index (χ3n) is 5.13. The van der Waals surface area contributed by atoms with Gasteiger partial charge < -0.3 is 9.30 Å². The Kier molecular flexibility index (Phi) is 6.57. The summed E-state index contributed by atoms with van der Waals surface area (Å²) in [6, 6.07) is 3.28. The van der Waals surface area contributed by atoms with Crippen molar-refractivity contribution in [3.63, 3.8) is 0 Å². The summed E-state index contributed by atoms with van der Waals surface area (Å²) in [5.41, 5.74) is -0.423. The maximum absolute atomic E-state index is 13.2. The molecule has 3 rings (SSSR count). The number of ether oxygens (including phenoxy) is 1. The highest BCUT2D eigenvalue weighted by atomic mass is 32.1. The minimum Gasteiger partial charge on any atom is -0.376 e. The van der Waals surface area contributed by atoms with Gasteiger partial charge in [0.2, 0.25) is 0 Å². The minimum absolute atomic E-state index is 0.00157. The monoisotopic (exact) mass is 440 g/mol. The lowest BCUT2D eigenvalue weighted by Crippen LogP contribution is -2.23. The maximum atomic E-state index is 13.2. The molecule has 1 saturated heterocycles. The van der Waals surface area contributed by atoms with Gasteiger partial charge in [-0.1, -0.05) is 33.8 Å². The normalized spacial score (nSPS) is 18.2. The number of aryl methyl sites for hydroxylation is 1. The molecule has 1 fully saturated rings. The summed E-state index contributed by atoms with van der Waals surface area (Å²) in [4.78, 5) is 18.7. The summed E-state index contributed by atoms with van der Waals surface area (Å²) >= 11 is 1.39. The minimum atomic E-state index is -4.51. The molecule has 1 aromatic heterocycles. The molecule has 0 unspecified atom stereocenters. The van der Waals surface area contributed by atoms with Crippen molar-refractivity contribution in [2.75, 3.05) is 6.61 Å². The predicted molar refractivity (Wildman–Crippen MR) is 111 cm³/mol. The van der Waals surface area contributed by atoms with Crippen LogP contribution in [-0.2, 0) is 29.3 Å². The maximum Gasteiger partial charge on any atom is 0.416 e. The van der Waals surface area contributed by atoms with Crippen molar-refractivity contribution < 1.29 is 22.7 Å². The van der Waals surface area contributed by atoms with Crippen LogP contribution in [0.5, 0.6) is 0 Å². The van der Waals surface area contributed by atoms with Gasteiger partial charge in [-0.2, -0.15) is 18.2 Å². The molecule has 0 aliphatic carbocycles. The number of alkyl halides is 3. The van der Waals surface area contributed by atoms with E-state index in [0.717, 1.165) is 36.5 Å². The zero-order valence-electron chi connectivity index (χ0n) is 17.7. The van der Waals surface area contributed by atoms with Crippen LogP contribution in [0.1, 0.15) is 66.9 Å². The first kappa shape index (κ1) is 22.7. The van der Waals surface area contributed by atoms with Gasteiger partial charge in [-0.15, -0.1) is 11.3 Å². The van der Waals surface area contributed by atoms with Gasteiger partial charge in [0.05, 0.1) is 18.2 Å². The number of benzene rings is 1. The van der Waals surface area contributed by atoms with Crippen LogP contribution in [0.3, 0.4) is 0 Å². The molecule has 1 aromatic carbocycles. The second-order valence-corrected chi connectivity index (χ2v) is 9.56. The number of carbonyl (C=O) groups excluding carboxylic acids is 1. The van der Waals surface area contributed by atoms with Crippen LogP contribution in [0, 0.1) is 0 Å². The second kappa shape index (κ2) is 8.67. The Morgan fingerprint density at radius 1 is 1.30 bits per heavy atom. The van der Waals surface area contributed by atoms with Gasteiger partial charge in [0.15, 0.2) is 4.80 Å². The number of nitrogens with zero attached hydrogens (tertiary/aromatic N) is 2. The highest BCUT2D eigenvalue weighted by molar-refractivity contribution is 7.09. The fraction of sp³-hybridized carbons (Fsp3) is 0.545. The van der Waals surface area contributed by atoms with Crippen molar-refractivity contribution in [2.45, 2.75) is 71.2 Å². The SMILES string of the molecule is CCc1ccc(C(F)(F)F)cc1C(=O)/N=c1\sc(C(C)(C)C)cn1C[C@H]1CCCO1. The lowest BCUT2D eigenvalue weighted by atomic mass is 9.95. The second-order valence-electron chi connectivity index (χ2n) is 8.56. The Hall–Kier alpha value is -1.93. The van der Waals surface area contributed by atoms with E-state index >= 15 is 0 Å². The van der Waals surface area contributed by atoms with Gasteiger partial charge in [0.25, 0.3) is 5.91 Å². The Balaban J connectivity index is 2.05. The molecular formula is C22H27F3N2O2S. The molecule has 30 heavy (non-hydrogen) atoms. The molecule has 0 N–H and O–H groups in total. The van der Waals surface area contributed by atoms with E-state index in [4.69, 9.17) is 4.74 Å². The number of hydrogen-bond acceptors (Lipinski definition) is 3. The van der Waals surface area contributed by atoms with E-state index in [2.05, 4.69) is 25.8 Å². The number of aromatic nitrogens is 1. The molecule has 0 bridgehead atoms. The van der Waals surface area contributed by atoms with Crippen molar-refractivity contribution >= 4 is 17.2 Å². The van der Waals surface area contributed by atoms with Crippen LogP contribution in [-0.4, -0.2) is 23.2 Å². The predicted octanol–water partition coefficient (Wildman–Crippen LogP) is 5.35. The van der Waals surface area contributed by atoms with Crippen molar-refractivity contribution in [1.29, 1.82) is 0 Å². The van der Waals surface area contributed by atoms with Gasteiger partial charge in [-0.3, -0.25) is 4.79 Å². The van der Waals surface area contributed by atoms with Gasteiger partial charge in [-0.05, 0) is 42.4 Å². The molecule has 1 atom stereocenters. The number of thiazole rings is 1. The average molecular weight is 441 g/mol. The summed E-state index contributed by atoms with van der Waals surface area (Å²) in [6.07, 6.45) is -0.0934. The van der Waals surface area contributed by atoms with E-state index in [1.807, 2.05) is 10.8 Å². The summed E-state index contributed by atoms with van der Waals surface area (Å²) < 4.78 is 47.1. The molecule has 2 aromatic rings. The summed E-state index contributed by atoms with van der Waals surface area (Å²) in [6.45, 7) is 9.31. The number of hydrogen-bond donors (Lipinski definition) is 0. The number of halogens is 3. The molecular weight excluding hydrogens is 413 g/mol. The Bertz CT molecular complexity index is 977. The summed E-state index contributed by atoms with van der Waals surface area (Å²) in [7, 11) is 0. The molecule has 2 heterocycles. The molecule has 164 valence electrons. The first-order chi connectivity index (χ1) is 14.0. The van der Waals surface area contributed by atoms with Gasteiger partial charge in [-0.25, -0.2) is 0 Å². The van der Waals surface area contributed by atoms with Crippen molar-refractivity contribution in [1.82, 2.24) is 4.57 Å². The van der Waals surface area contributed by atoms with E-state index in [9.17, 15) is 18.0 Å². The van der Waals surface area contributed by atoms with Crippen LogP contribution in [0.15, 0.2) is 29.4 Å². The largest absolute Gasteiger partial charge is 0.416 e. The fourth-order valence-electron chi connectivity index (χ4n) is 3.36. The van der Waals surface area contributed by atoms with Crippen LogP contribution >= 0.6 is 11.3 Å². The highest BCUT2D eigenvalue weighted by Gasteiger charge is 2.31. The van der Waals surface area contributed by atoms with Crippen LogP contribution in [0.4, 0.5) is 13.2 Å². The molecule has 4 nitrogen and oxygen atoms in total. The van der Waals surface area contributed by atoms with Crippen LogP contribution in [0.25, 0.3) is 0 Å². The standard InChI is InChI=1S/C22H27F3N2O2S/c1-5-14-8-9-15(22(23,24)25)11-17(14)19(28)26-20-27(12-16-7-6-10-29-16)13-18(30-20)21(2,3)4/h8-9,11,13,16H,5-7,10,12H2,1-4H3/b26-20-/t16-/m1/s1. The highest BCUT2D eigenvalue weighted by Crippen LogP contribution is 2.31. The number of carbonyl (C=O) groups is 1. The quantitative estimate of drug-likeness (QED) is 0.643. The first-order valence-corrected chi connectivity index (χ1v) is 10.9. The van der Waals surface area contributed by atoms with Gasteiger partial charge in [0.1, 0.15) is 0 Å². The Morgan fingerprint density at radius 3 is 2.60 bits per heavy atom. The van der Waals surface area contributed by atoms with Crippen LogP contribution < -0.4 is 4.80 Å². The molecule has 8 heteroatoms. The number of amides is 1. The third kappa shape index (κ3) is 5.21. The average Bonchev–Trinajstić information content (AvgIpc) is 3.31. The van der Waals surface area contributed by atoms with Crippen molar-refractivity contribution in [3.05, 3.63) is 50.8 Å². The molecule has 1 aliphatic rings. The summed E-state index contributed by atoms with van der Waals surface area (Å²) in [5.74, 6) is -0.652. The Labute approximate surface area is 178 Å². The molecule has 1 amide bonds. The Morgan fingerprint density at radius 2 is 2.03 bits per heavy atom. The first-order valence-electron chi connectivity index (χ1n) is 10.1. The van der Waals surface area contributed by atoms with E-state index in [1.165, 1.54) is 17.4 Å². The smallest absolute Gasteiger partial charge is 0.376 e. The van der Waals surface area contributed by atoms with Gasteiger partial charge >= 0.3 is 6.18 Å². The lowest BCUT2D eigenvalue weighted by molar-refractivity contribution is -0.137. The van der Waals surface area contributed by atoms with E-state index in [1.54, 1.807) is 6.92 Å². The van der Waals surface area contributed by atoms with E-state index < -0.39 is 17.6 Å². The fourth-order valence-corrected chi connectivity index (χ4v) is 4.42. The molecule has 0 saturated carbocycles. The molecule has 1 aliphatic heterocycles. The molecule has 0 spiro atoms.